The van der Waals surface area contributed by atoms with E-state index in [2.05, 4.69) is 15.0 Å². The number of hydrogen-bond donors (Lipinski definition) is 1. The maximum absolute atomic E-state index is 4.82. The Labute approximate surface area is 64.5 Å². The van der Waals surface area contributed by atoms with Crippen LogP contribution in [0.25, 0.3) is 0 Å². The van der Waals surface area contributed by atoms with E-state index in [4.69, 9.17) is 10.4 Å². The van der Waals surface area contributed by atoms with E-state index in [1.54, 1.807) is 0 Å². The van der Waals surface area contributed by atoms with Crippen molar-refractivity contribution >= 4 is 0 Å². The summed E-state index contributed by atoms with van der Waals surface area (Å²) in [5.41, 5.74) is 0. The molecule has 0 amide bonds. The van der Waals surface area contributed by atoms with Crippen molar-refractivity contribution in [3.63, 3.8) is 0 Å². The molecule has 0 radical (unpaired) electrons. The van der Waals surface area contributed by atoms with Gasteiger partial charge in [0.1, 0.15) is 6.61 Å². The molecule has 2 N–H and O–H groups in total. The van der Waals surface area contributed by atoms with Crippen molar-refractivity contribution in [1.82, 2.24) is 10.1 Å². The molecule has 0 aliphatic rings. The second-order valence-electron chi connectivity index (χ2n) is 2.51. The van der Waals surface area contributed by atoms with Crippen LogP contribution < -0.4 is 5.90 Å². The van der Waals surface area contributed by atoms with E-state index in [1.807, 2.05) is 13.8 Å². The van der Waals surface area contributed by atoms with Crippen LogP contribution in [0.3, 0.4) is 0 Å². The first-order valence-electron chi connectivity index (χ1n) is 3.38. The number of nitrogens with two attached hydrogens (primary N) is 1. The zero-order chi connectivity index (χ0) is 8.27. The number of hydrogen-bond acceptors (Lipinski definition) is 5. The summed E-state index contributed by atoms with van der Waals surface area (Å²) in [6, 6.07) is 0. The standard InChI is InChI=1S/C6H11N3O2/c1-4(2)6-8-5(3-10-7)11-9-6/h4H,3,7H2,1-2H3. The van der Waals surface area contributed by atoms with Crippen LogP contribution in [0.4, 0.5) is 0 Å². The summed E-state index contributed by atoms with van der Waals surface area (Å²) in [6.07, 6.45) is 0. The fourth-order valence-corrected chi connectivity index (χ4v) is 0.632. The summed E-state index contributed by atoms with van der Waals surface area (Å²) in [5.74, 6) is 6.18. The third-order valence-electron chi connectivity index (χ3n) is 1.21. The number of aromatic nitrogens is 2. The Morgan fingerprint density at radius 2 is 2.36 bits per heavy atom. The second kappa shape index (κ2) is 3.45. The number of rotatable bonds is 3. The van der Waals surface area contributed by atoms with Gasteiger partial charge in [-0.3, -0.25) is 4.84 Å². The average molecular weight is 157 g/mol. The Kier molecular flexibility index (Phi) is 2.56. The summed E-state index contributed by atoms with van der Waals surface area (Å²) in [6.45, 7) is 4.13. The van der Waals surface area contributed by atoms with Gasteiger partial charge in [-0.1, -0.05) is 19.0 Å². The lowest BCUT2D eigenvalue weighted by molar-refractivity contribution is 0.0995. The highest BCUT2D eigenvalue weighted by atomic mass is 16.6. The molecule has 0 aromatic carbocycles. The highest BCUT2D eigenvalue weighted by Crippen LogP contribution is 2.09. The van der Waals surface area contributed by atoms with Crippen LogP contribution in [0, 0.1) is 0 Å². The topological polar surface area (TPSA) is 74.2 Å². The van der Waals surface area contributed by atoms with Gasteiger partial charge in [-0.25, -0.2) is 5.90 Å². The second-order valence-corrected chi connectivity index (χ2v) is 2.51. The molecule has 0 aliphatic heterocycles. The molecule has 1 aromatic heterocycles. The lowest BCUT2D eigenvalue weighted by atomic mass is 10.2. The molecule has 1 rings (SSSR count). The largest absolute Gasteiger partial charge is 0.337 e. The SMILES string of the molecule is CC(C)c1noc(CON)n1. The van der Waals surface area contributed by atoms with Crippen LogP contribution >= 0.6 is 0 Å². The van der Waals surface area contributed by atoms with Crippen molar-refractivity contribution in [2.24, 2.45) is 5.90 Å². The van der Waals surface area contributed by atoms with Crippen LogP contribution in [0.1, 0.15) is 31.5 Å². The first-order chi connectivity index (χ1) is 5.24. The lowest BCUT2D eigenvalue weighted by Crippen LogP contribution is -1.99. The normalized spacial score (nSPS) is 10.9. The molecule has 0 aliphatic carbocycles. The van der Waals surface area contributed by atoms with Gasteiger partial charge in [0.05, 0.1) is 0 Å². The van der Waals surface area contributed by atoms with Crippen molar-refractivity contribution in [1.29, 1.82) is 0 Å². The molecule has 5 heteroatoms. The highest BCUT2D eigenvalue weighted by Gasteiger charge is 2.08. The van der Waals surface area contributed by atoms with Crippen LogP contribution in [0.15, 0.2) is 4.52 Å². The van der Waals surface area contributed by atoms with Gasteiger partial charge >= 0.3 is 0 Å². The van der Waals surface area contributed by atoms with Gasteiger partial charge in [-0.05, 0) is 0 Å². The molecule has 62 valence electrons. The zero-order valence-corrected chi connectivity index (χ0v) is 6.57. The van der Waals surface area contributed by atoms with E-state index in [9.17, 15) is 0 Å². The quantitative estimate of drug-likeness (QED) is 0.650. The van der Waals surface area contributed by atoms with Gasteiger partial charge in [0.15, 0.2) is 5.82 Å². The smallest absolute Gasteiger partial charge is 0.254 e. The minimum atomic E-state index is 0.166. The van der Waals surface area contributed by atoms with Crippen LogP contribution in [-0.4, -0.2) is 10.1 Å². The van der Waals surface area contributed by atoms with Gasteiger partial charge in [-0.15, -0.1) is 0 Å². The average Bonchev–Trinajstić information content (AvgIpc) is 2.37. The monoisotopic (exact) mass is 157 g/mol. The van der Waals surface area contributed by atoms with Gasteiger partial charge in [0.2, 0.25) is 0 Å². The van der Waals surface area contributed by atoms with Crippen molar-refractivity contribution < 1.29 is 9.36 Å². The van der Waals surface area contributed by atoms with E-state index < -0.39 is 0 Å². The molecule has 0 bridgehead atoms. The molecule has 0 atom stereocenters. The molecule has 11 heavy (non-hydrogen) atoms. The molecular weight excluding hydrogens is 146 g/mol. The van der Waals surface area contributed by atoms with Crippen molar-refractivity contribution in [2.45, 2.75) is 26.4 Å². The third kappa shape index (κ3) is 1.99. The van der Waals surface area contributed by atoms with Gasteiger partial charge in [0.25, 0.3) is 5.89 Å². The summed E-state index contributed by atoms with van der Waals surface area (Å²) >= 11 is 0. The van der Waals surface area contributed by atoms with Crippen LogP contribution in [0.2, 0.25) is 0 Å². The van der Waals surface area contributed by atoms with E-state index >= 15 is 0 Å². The molecule has 1 aromatic rings. The van der Waals surface area contributed by atoms with Crippen molar-refractivity contribution in [2.75, 3.05) is 0 Å². The molecule has 1 heterocycles. The van der Waals surface area contributed by atoms with Crippen LogP contribution in [0.5, 0.6) is 0 Å². The Morgan fingerprint density at radius 1 is 1.64 bits per heavy atom. The number of nitrogens with zero attached hydrogens (tertiary/aromatic N) is 2. The van der Waals surface area contributed by atoms with E-state index in [1.165, 1.54) is 0 Å². The summed E-state index contributed by atoms with van der Waals surface area (Å²) in [5, 5.41) is 3.71. The first-order valence-corrected chi connectivity index (χ1v) is 3.38. The van der Waals surface area contributed by atoms with Crippen molar-refractivity contribution in [3.8, 4) is 0 Å². The molecular formula is C6H11N3O2. The highest BCUT2D eigenvalue weighted by molar-refractivity contribution is 4.90. The fourth-order valence-electron chi connectivity index (χ4n) is 0.632. The fraction of sp³-hybridized carbons (Fsp3) is 0.667. The van der Waals surface area contributed by atoms with Crippen molar-refractivity contribution in [3.05, 3.63) is 11.7 Å². The predicted octanol–water partition coefficient (Wildman–Crippen LogP) is 0.583. The Hall–Kier alpha value is -0.940. The Balaban J connectivity index is 2.66. The molecule has 0 saturated carbocycles. The maximum Gasteiger partial charge on any atom is 0.254 e. The molecule has 5 nitrogen and oxygen atoms in total. The zero-order valence-electron chi connectivity index (χ0n) is 6.57. The maximum atomic E-state index is 4.82. The Bertz CT molecular complexity index is 221. The first kappa shape index (κ1) is 8.16. The van der Waals surface area contributed by atoms with Gasteiger partial charge in [0, 0.05) is 5.92 Å². The van der Waals surface area contributed by atoms with E-state index in [0.29, 0.717) is 11.7 Å². The summed E-state index contributed by atoms with van der Waals surface area (Å²) in [7, 11) is 0. The van der Waals surface area contributed by atoms with Gasteiger partial charge < -0.3 is 4.52 Å². The molecule has 0 saturated heterocycles. The minimum absolute atomic E-state index is 0.166. The summed E-state index contributed by atoms with van der Waals surface area (Å²) in [4.78, 5) is 8.34. The lowest BCUT2D eigenvalue weighted by Gasteiger charge is -1.91. The minimum Gasteiger partial charge on any atom is -0.337 e. The van der Waals surface area contributed by atoms with Crippen LogP contribution in [-0.2, 0) is 11.4 Å². The molecule has 0 unspecified atom stereocenters. The van der Waals surface area contributed by atoms with Gasteiger partial charge in [-0.2, -0.15) is 4.98 Å². The predicted molar refractivity (Wildman–Crippen MR) is 37.4 cm³/mol. The van der Waals surface area contributed by atoms with E-state index in [-0.39, 0.29) is 12.5 Å². The third-order valence-corrected chi connectivity index (χ3v) is 1.21. The summed E-state index contributed by atoms with van der Waals surface area (Å²) < 4.78 is 4.80. The molecule has 0 fully saturated rings. The Morgan fingerprint density at radius 3 is 2.82 bits per heavy atom. The van der Waals surface area contributed by atoms with E-state index in [0.717, 1.165) is 0 Å². The molecule has 0 spiro atoms.